The molecule has 0 unspecified atom stereocenters. The van der Waals surface area contributed by atoms with Crippen LogP contribution in [0.3, 0.4) is 0 Å². The lowest BCUT2D eigenvalue weighted by Gasteiger charge is -2.23. The molecule has 1 aliphatic carbocycles. The number of aromatic nitrogens is 3. The number of carbonyl (C=O) groups excluding carboxylic acids is 1. The minimum Gasteiger partial charge on any atom is -0.334 e. The summed E-state index contributed by atoms with van der Waals surface area (Å²) in [6.07, 6.45) is 8.36. The molecule has 3 heterocycles. The van der Waals surface area contributed by atoms with Gasteiger partial charge >= 0.3 is 0 Å². The van der Waals surface area contributed by atoms with E-state index in [9.17, 15) is 4.79 Å². The Hall–Kier alpha value is -1.92. The van der Waals surface area contributed by atoms with E-state index in [0.29, 0.717) is 17.4 Å². The quantitative estimate of drug-likeness (QED) is 0.894. The van der Waals surface area contributed by atoms with Gasteiger partial charge in [0.2, 0.25) is 5.91 Å². The Labute approximate surface area is 158 Å². The first-order chi connectivity index (χ1) is 12.6. The molecule has 1 atom stereocenters. The summed E-state index contributed by atoms with van der Waals surface area (Å²) < 4.78 is 2.27. The van der Waals surface area contributed by atoms with E-state index in [-0.39, 0.29) is 11.9 Å². The molecular formula is C19H24ClN5O. The Morgan fingerprint density at radius 3 is 2.92 bits per heavy atom. The van der Waals surface area contributed by atoms with Gasteiger partial charge < -0.3 is 9.88 Å². The van der Waals surface area contributed by atoms with Gasteiger partial charge in [-0.25, -0.2) is 9.97 Å². The molecule has 2 aromatic rings. The van der Waals surface area contributed by atoms with E-state index in [2.05, 4.69) is 26.8 Å². The number of hydrogen-bond acceptors (Lipinski definition) is 4. The summed E-state index contributed by atoms with van der Waals surface area (Å²) in [4.78, 5) is 23.8. The molecule has 4 rings (SSSR count). The summed E-state index contributed by atoms with van der Waals surface area (Å²) >= 11 is 5.84. The van der Waals surface area contributed by atoms with Crippen molar-refractivity contribution in [3.8, 4) is 0 Å². The minimum absolute atomic E-state index is 0.0503. The lowest BCUT2D eigenvalue weighted by molar-refractivity contribution is -0.117. The van der Waals surface area contributed by atoms with Gasteiger partial charge in [0.05, 0.1) is 23.3 Å². The number of anilines is 1. The van der Waals surface area contributed by atoms with Crippen LogP contribution in [-0.2, 0) is 24.7 Å². The van der Waals surface area contributed by atoms with Gasteiger partial charge in [0, 0.05) is 18.9 Å². The van der Waals surface area contributed by atoms with Crippen LogP contribution in [0, 0.1) is 0 Å². The van der Waals surface area contributed by atoms with Gasteiger partial charge in [-0.3, -0.25) is 9.69 Å². The van der Waals surface area contributed by atoms with Crippen LogP contribution >= 0.6 is 11.6 Å². The number of hydrogen-bond donors (Lipinski definition) is 1. The molecule has 138 valence electrons. The van der Waals surface area contributed by atoms with Crippen LogP contribution in [0.15, 0.2) is 18.3 Å². The van der Waals surface area contributed by atoms with Crippen molar-refractivity contribution in [1.29, 1.82) is 0 Å². The second-order valence-corrected chi connectivity index (χ2v) is 7.60. The third-order valence-electron chi connectivity index (χ3n) is 5.41. The van der Waals surface area contributed by atoms with E-state index < -0.39 is 0 Å². The molecule has 1 N–H and O–H groups in total. The van der Waals surface area contributed by atoms with E-state index in [0.717, 1.165) is 38.1 Å². The fourth-order valence-corrected chi connectivity index (χ4v) is 4.24. The molecule has 1 saturated heterocycles. The number of likely N-dealkylation sites (tertiary alicyclic amines) is 1. The number of aryl methyl sites for hydroxylation is 1. The number of pyridine rings is 1. The smallest absolute Gasteiger partial charge is 0.239 e. The second-order valence-electron chi connectivity index (χ2n) is 7.17. The normalized spacial score (nSPS) is 20.2. The van der Waals surface area contributed by atoms with Gasteiger partial charge in [0.25, 0.3) is 0 Å². The number of imidazole rings is 1. The molecule has 2 aliphatic rings. The number of halogens is 1. The number of nitrogens with zero attached hydrogens (tertiary/aromatic N) is 4. The monoisotopic (exact) mass is 373 g/mol. The first kappa shape index (κ1) is 17.5. The topological polar surface area (TPSA) is 63.1 Å². The van der Waals surface area contributed by atoms with Crippen molar-refractivity contribution in [2.75, 3.05) is 18.4 Å². The number of amides is 1. The lowest BCUT2D eigenvalue weighted by atomic mass is 10.0. The maximum absolute atomic E-state index is 12.5. The molecular weight excluding hydrogens is 350 g/mol. The number of carbonyl (C=O) groups is 1. The van der Waals surface area contributed by atoms with Crippen LogP contribution in [0.2, 0.25) is 5.02 Å². The molecule has 0 aromatic carbocycles. The Balaban J connectivity index is 1.46. The Morgan fingerprint density at radius 2 is 2.15 bits per heavy atom. The molecule has 0 bridgehead atoms. The molecule has 0 saturated carbocycles. The molecule has 1 amide bonds. The zero-order valence-corrected chi connectivity index (χ0v) is 15.8. The molecule has 6 nitrogen and oxygen atoms in total. The predicted octanol–water partition coefficient (Wildman–Crippen LogP) is 3.12. The molecule has 1 aliphatic heterocycles. The summed E-state index contributed by atoms with van der Waals surface area (Å²) in [7, 11) is 2.13. The third-order valence-corrected chi connectivity index (χ3v) is 5.64. The first-order valence-corrected chi connectivity index (χ1v) is 9.69. The van der Waals surface area contributed by atoms with E-state index in [4.69, 9.17) is 16.6 Å². The number of rotatable bonds is 4. The van der Waals surface area contributed by atoms with Crippen LogP contribution in [0.1, 0.15) is 48.9 Å². The number of fused-ring (bicyclic) bond motifs is 1. The molecule has 26 heavy (non-hydrogen) atoms. The van der Waals surface area contributed by atoms with Crippen molar-refractivity contribution in [3.63, 3.8) is 0 Å². The summed E-state index contributed by atoms with van der Waals surface area (Å²) in [5, 5.41) is 3.41. The van der Waals surface area contributed by atoms with Crippen LogP contribution in [0.25, 0.3) is 0 Å². The van der Waals surface area contributed by atoms with Crippen LogP contribution in [-0.4, -0.2) is 38.4 Å². The summed E-state index contributed by atoms with van der Waals surface area (Å²) in [6, 6.07) is 3.66. The summed E-state index contributed by atoms with van der Waals surface area (Å²) in [6.45, 7) is 1.27. The fraction of sp³-hybridized carbons (Fsp3) is 0.526. The largest absolute Gasteiger partial charge is 0.334 e. The first-order valence-electron chi connectivity index (χ1n) is 9.31. The van der Waals surface area contributed by atoms with Gasteiger partial charge in [-0.15, -0.1) is 0 Å². The fourth-order valence-electron chi connectivity index (χ4n) is 4.13. The molecule has 2 aromatic heterocycles. The van der Waals surface area contributed by atoms with Crippen molar-refractivity contribution in [2.45, 2.75) is 44.6 Å². The highest BCUT2D eigenvalue weighted by Gasteiger charge is 2.32. The lowest BCUT2D eigenvalue weighted by Crippen LogP contribution is -2.34. The van der Waals surface area contributed by atoms with Crippen molar-refractivity contribution >= 4 is 23.3 Å². The zero-order chi connectivity index (χ0) is 18.1. The van der Waals surface area contributed by atoms with Crippen molar-refractivity contribution in [2.24, 2.45) is 7.05 Å². The van der Waals surface area contributed by atoms with Crippen LogP contribution in [0.5, 0.6) is 0 Å². The molecule has 1 fully saturated rings. The second kappa shape index (κ2) is 7.37. The maximum atomic E-state index is 12.5. The zero-order valence-electron chi connectivity index (χ0n) is 15.0. The van der Waals surface area contributed by atoms with Gasteiger partial charge in [0.1, 0.15) is 11.6 Å². The van der Waals surface area contributed by atoms with E-state index in [1.165, 1.54) is 30.4 Å². The van der Waals surface area contributed by atoms with E-state index in [1.54, 1.807) is 12.1 Å². The highest BCUT2D eigenvalue weighted by atomic mass is 35.5. The van der Waals surface area contributed by atoms with Gasteiger partial charge in [0.15, 0.2) is 0 Å². The third kappa shape index (κ3) is 3.48. The molecule has 0 spiro atoms. The molecule has 0 radical (unpaired) electrons. The van der Waals surface area contributed by atoms with Gasteiger partial charge in [-0.1, -0.05) is 11.6 Å². The predicted molar refractivity (Wildman–Crippen MR) is 101 cm³/mol. The standard InChI is InChI=1S/C19H24ClN5O/c1-24-15-6-3-2-5-14(15)22-19(24)16-7-4-10-25(16)12-18(26)23-17-9-8-13(20)11-21-17/h8-9,11,16H,2-7,10,12H2,1H3,(H,21,23,26)/t16-/m1/s1. The maximum Gasteiger partial charge on any atom is 0.239 e. The summed E-state index contributed by atoms with van der Waals surface area (Å²) in [5.41, 5.74) is 2.64. The minimum atomic E-state index is -0.0503. The van der Waals surface area contributed by atoms with E-state index >= 15 is 0 Å². The van der Waals surface area contributed by atoms with Crippen molar-refractivity contribution in [3.05, 3.63) is 40.6 Å². The van der Waals surface area contributed by atoms with Gasteiger partial charge in [-0.2, -0.15) is 0 Å². The highest BCUT2D eigenvalue weighted by Crippen LogP contribution is 2.33. The Bertz CT molecular complexity index is 801. The molecule has 7 heteroatoms. The number of nitrogens with one attached hydrogen (secondary N) is 1. The highest BCUT2D eigenvalue weighted by molar-refractivity contribution is 6.30. The van der Waals surface area contributed by atoms with Crippen LogP contribution in [0.4, 0.5) is 5.82 Å². The van der Waals surface area contributed by atoms with Gasteiger partial charge in [-0.05, 0) is 57.2 Å². The Morgan fingerprint density at radius 1 is 1.31 bits per heavy atom. The Kier molecular flexibility index (Phi) is 4.96. The van der Waals surface area contributed by atoms with Crippen molar-refractivity contribution in [1.82, 2.24) is 19.4 Å². The van der Waals surface area contributed by atoms with E-state index in [1.807, 2.05) is 0 Å². The average molecular weight is 374 g/mol. The van der Waals surface area contributed by atoms with Crippen molar-refractivity contribution < 1.29 is 4.79 Å². The summed E-state index contributed by atoms with van der Waals surface area (Å²) in [5.74, 6) is 1.60. The SMILES string of the molecule is Cn1c([C@H]2CCCN2CC(=O)Nc2ccc(Cl)cn2)nc2c1CCCC2. The van der Waals surface area contributed by atoms with Crippen LogP contribution < -0.4 is 5.32 Å². The average Bonchev–Trinajstić information content (AvgIpc) is 3.21.